The number of hydrogen-bond acceptors (Lipinski definition) is 4. The molecule has 0 aliphatic rings. The summed E-state index contributed by atoms with van der Waals surface area (Å²) in [6.07, 6.45) is 1.78. The summed E-state index contributed by atoms with van der Waals surface area (Å²) in [7, 11) is 0. The van der Waals surface area contributed by atoms with E-state index in [4.69, 9.17) is 0 Å². The van der Waals surface area contributed by atoms with Crippen molar-refractivity contribution in [1.82, 2.24) is 9.38 Å². The van der Waals surface area contributed by atoms with Crippen molar-refractivity contribution in [1.29, 1.82) is 0 Å². The highest BCUT2D eigenvalue weighted by molar-refractivity contribution is 7.99. The summed E-state index contributed by atoms with van der Waals surface area (Å²) in [5.41, 5.74) is 5.19. The van der Waals surface area contributed by atoms with Crippen molar-refractivity contribution in [2.24, 2.45) is 0 Å². The van der Waals surface area contributed by atoms with Crippen LogP contribution >= 0.6 is 11.8 Å². The minimum absolute atomic E-state index is 0.0828. The molecule has 0 bridgehead atoms. The van der Waals surface area contributed by atoms with Crippen molar-refractivity contribution >= 4 is 29.0 Å². The number of aryl methyl sites for hydroxylation is 1. The third kappa shape index (κ3) is 4.78. The molecular weight excluding hydrogens is 394 g/mol. The summed E-state index contributed by atoms with van der Waals surface area (Å²) in [5.74, 6) is 0.704. The fourth-order valence-electron chi connectivity index (χ4n) is 3.15. The van der Waals surface area contributed by atoms with E-state index in [1.54, 1.807) is 6.20 Å². The molecule has 1 N–H and O–H groups in total. The summed E-state index contributed by atoms with van der Waals surface area (Å²) < 4.78 is 1.54. The van der Waals surface area contributed by atoms with E-state index in [2.05, 4.69) is 22.4 Å². The molecule has 0 aliphatic carbocycles. The third-order valence-corrected chi connectivity index (χ3v) is 5.59. The third-order valence-electron chi connectivity index (χ3n) is 4.62. The fourth-order valence-corrected chi connectivity index (χ4v) is 3.87. The molecule has 4 rings (SSSR count). The number of amides is 1. The van der Waals surface area contributed by atoms with E-state index in [0.717, 1.165) is 22.4 Å². The van der Waals surface area contributed by atoms with Crippen LogP contribution < -0.4 is 10.9 Å². The number of nitrogens with zero attached hydrogens (tertiary/aromatic N) is 2. The van der Waals surface area contributed by atoms with Gasteiger partial charge in [-0.15, -0.1) is 11.8 Å². The van der Waals surface area contributed by atoms with Gasteiger partial charge in [-0.1, -0.05) is 48.5 Å². The van der Waals surface area contributed by atoms with E-state index in [0.29, 0.717) is 17.1 Å². The number of benzene rings is 2. The Balaban J connectivity index is 1.32. The van der Waals surface area contributed by atoms with Crippen LogP contribution in [0.1, 0.15) is 11.3 Å². The quantitative estimate of drug-likeness (QED) is 0.502. The van der Waals surface area contributed by atoms with E-state index in [-0.39, 0.29) is 17.2 Å². The van der Waals surface area contributed by atoms with Crippen molar-refractivity contribution < 1.29 is 4.79 Å². The first-order chi connectivity index (χ1) is 14.6. The van der Waals surface area contributed by atoms with Gasteiger partial charge in [0.15, 0.2) is 0 Å². The van der Waals surface area contributed by atoms with Crippen molar-refractivity contribution in [2.45, 2.75) is 12.7 Å². The smallest absolute Gasteiger partial charge is 0.258 e. The first-order valence-electron chi connectivity index (χ1n) is 9.60. The second-order valence-electron chi connectivity index (χ2n) is 7.00. The average molecular weight is 416 g/mol. The molecule has 4 aromatic rings. The van der Waals surface area contributed by atoms with Crippen LogP contribution in [0, 0.1) is 6.92 Å². The van der Waals surface area contributed by atoms with Crippen molar-refractivity contribution in [2.75, 3.05) is 11.1 Å². The summed E-state index contributed by atoms with van der Waals surface area (Å²) in [5, 5.41) is 2.91. The molecule has 0 unspecified atom stereocenters. The number of fused-ring (bicyclic) bond motifs is 1. The first-order valence-corrected chi connectivity index (χ1v) is 10.8. The van der Waals surface area contributed by atoms with Gasteiger partial charge in [-0.25, -0.2) is 4.98 Å². The van der Waals surface area contributed by atoms with Gasteiger partial charge in [0.25, 0.3) is 5.56 Å². The Hall–Kier alpha value is -3.38. The molecule has 0 saturated carbocycles. The molecule has 0 atom stereocenters. The van der Waals surface area contributed by atoms with Gasteiger partial charge in [-0.3, -0.25) is 14.0 Å². The Bertz CT molecular complexity index is 1240. The molecule has 0 saturated heterocycles. The summed E-state index contributed by atoms with van der Waals surface area (Å²) in [4.78, 5) is 29.0. The van der Waals surface area contributed by atoms with E-state index in [1.807, 2.05) is 61.5 Å². The van der Waals surface area contributed by atoms with E-state index < -0.39 is 0 Å². The topological polar surface area (TPSA) is 63.5 Å². The van der Waals surface area contributed by atoms with Crippen LogP contribution in [0.15, 0.2) is 83.8 Å². The number of carbonyl (C=O) groups excluding carboxylic acids is 1. The second kappa shape index (κ2) is 8.97. The molecule has 1 amide bonds. The standard InChI is InChI=1S/C24H21N3O2S/c1-17-7-12-22-25-21(13-24(29)27(22)14-17)15-30-16-23(28)26-20-10-8-19(9-11-20)18-5-3-2-4-6-18/h2-14H,15-16H2,1H3,(H,26,28). The molecule has 5 nitrogen and oxygen atoms in total. The molecule has 2 aromatic carbocycles. The van der Waals surface area contributed by atoms with Crippen LogP contribution in [0.4, 0.5) is 5.69 Å². The van der Waals surface area contributed by atoms with Crippen LogP contribution in [0.3, 0.4) is 0 Å². The Morgan fingerprint density at radius 2 is 1.73 bits per heavy atom. The lowest BCUT2D eigenvalue weighted by molar-refractivity contribution is -0.113. The number of rotatable bonds is 6. The molecule has 0 fully saturated rings. The predicted octanol–water partition coefficient (Wildman–Crippen LogP) is 4.54. The molecule has 2 aromatic heterocycles. The minimum Gasteiger partial charge on any atom is -0.325 e. The van der Waals surface area contributed by atoms with Gasteiger partial charge in [0.2, 0.25) is 5.91 Å². The highest BCUT2D eigenvalue weighted by atomic mass is 32.2. The first kappa shape index (κ1) is 19.9. The van der Waals surface area contributed by atoms with Crippen LogP contribution in [0.5, 0.6) is 0 Å². The van der Waals surface area contributed by atoms with Gasteiger partial charge >= 0.3 is 0 Å². The molecule has 30 heavy (non-hydrogen) atoms. The van der Waals surface area contributed by atoms with Gasteiger partial charge in [-0.2, -0.15) is 0 Å². The number of anilines is 1. The molecular formula is C24H21N3O2S. The van der Waals surface area contributed by atoms with Crippen molar-refractivity contribution in [3.05, 3.63) is 101 Å². The number of pyridine rings is 1. The zero-order chi connectivity index (χ0) is 20.9. The number of aromatic nitrogens is 2. The van der Waals surface area contributed by atoms with E-state index >= 15 is 0 Å². The number of carbonyl (C=O) groups is 1. The van der Waals surface area contributed by atoms with Gasteiger partial charge in [0.05, 0.1) is 11.4 Å². The zero-order valence-corrected chi connectivity index (χ0v) is 17.4. The maximum Gasteiger partial charge on any atom is 0.258 e. The lowest BCUT2D eigenvalue weighted by Gasteiger charge is -2.07. The number of nitrogens with one attached hydrogen (secondary N) is 1. The lowest BCUT2D eigenvalue weighted by atomic mass is 10.1. The van der Waals surface area contributed by atoms with Crippen LogP contribution in [0.2, 0.25) is 0 Å². The van der Waals surface area contributed by atoms with Crippen LogP contribution in [-0.2, 0) is 10.5 Å². The number of hydrogen-bond donors (Lipinski definition) is 1. The second-order valence-corrected chi connectivity index (χ2v) is 7.99. The summed E-state index contributed by atoms with van der Waals surface area (Å²) >= 11 is 1.43. The highest BCUT2D eigenvalue weighted by Gasteiger charge is 2.07. The molecule has 2 heterocycles. The Morgan fingerprint density at radius 1 is 1.00 bits per heavy atom. The van der Waals surface area contributed by atoms with Crippen LogP contribution in [0.25, 0.3) is 16.8 Å². The molecule has 0 radical (unpaired) electrons. The maximum absolute atomic E-state index is 12.3. The largest absolute Gasteiger partial charge is 0.325 e. The highest BCUT2D eigenvalue weighted by Crippen LogP contribution is 2.21. The number of thioether (sulfide) groups is 1. The van der Waals surface area contributed by atoms with Gasteiger partial charge in [-0.05, 0) is 41.8 Å². The van der Waals surface area contributed by atoms with Crippen molar-refractivity contribution in [3.63, 3.8) is 0 Å². The molecule has 0 spiro atoms. The maximum atomic E-state index is 12.3. The summed E-state index contributed by atoms with van der Waals surface area (Å²) in [6.45, 7) is 1.93. The van der Waals surface area contributed by atoms with E-state index in [1.165, 1.54) is 22.2 Å². The normalized spacial score (nSPS) is 10.8. The minimum atomic E-state index is -0.109. The SMILES string of the molecule is Cc1ccc2nc(CSCC(=O)Nc3ccc(-c4ccccc4)cc3)cc(=O)n2c1. The summed E-state index contributed by atoms with van der Waals surface area (Å²) in [6, 6.07) is 23.2. The zero-order valence-electron chi connectivity index (χ0n) is 16.5. The molecule has 150 valence electrons. The average Bonchev–Trinajstić information content (AvgIpc) is 2.75. The Morgan fingerprint density at radius 3 is 2.50 bits per heavy atom. The van der Waals surface area contributed by atoms with Crippen molar-refractivity contribution in [3.8, 4) is 11.1 Å². The van der Waals surface area contributed by atoms with E-state index in [9.17, 15) is 9.59 Å². The lowest BCUT2D eigenvalue weighted by Crippen LogP contribution is -2.16. The Kier molecular flexibility index (Phi) is 5.95. The van der Waals surface area contributed by atoms with Gasteiger partial charge < -0.3 is 5.32 Å². The predicted molar refractivity (Wildman–Crippen MR) is 123 cm³/mol. The Labute approximate surface area is 178 Å². The van der Waals surface area contributed by atoms with Gasteiger partial charge in [0.1, 0.15) is 5.65 Å². The van der Waals surface area contributed by atoms with Crippen LogP contribution in [-0.4, -0.2) is 21.0 Å². The molecule has 6 heteroatoms. The monoisotopic (exact) mass is 415 g/mol. The fraction of sp³-hybridized carbons (Fsp3) is 0.125. The van der Waals surface area contributed by atoms with Gasteiger partial charge in [0, 0.05) is 23.7 Å². The molecule has 0 aliphatic heterocycles.